The van der Waals surface area contributed by atoms with E-state index in [9.17, 15) is 10.2 Å². The van der Waals surface area contributed by atoms with Gasteiger partial charge in [0.15, 0.2) is 0 Å². The molecule has 0 saturated heterocycles. The molecule has 0 aromatic carbocycles. The molecule has 0 radical (unpaired) electrons. The summed E-state index contributed by atoms with van der Waals surface area (Å²) in [5, 5.41) is 19.3. The molecule has 1 rings (SSSR count). The fraction of sp³-hybridized carbons (Fsp3) is 0.444. The van der Waals surface area contributed by atoms with Gasteiger partial charge in [0.05, 0.1) is 6.10 Å². The fourth-order valence-electron chi connectivity index (χ4n) is 1.09. The molecular formula is C9H13ClN2O2. The highest BCUT2D eigenvalue weighted by Gasteiger charge is 2.17. The average Bonchev–Trinajstić information content (AvgIpc) is 2.20. The van der Waals surface area contributed by atoms with Crippen LogP contribution in [-0.4, -0.2) is 27.8 Å². The summed E-state index contributed by atoms with van der Waals surface area (Å²) in [4.78, 5) is 3.87. The SMILES string of the molecule is Cc1cc(C(O)C(O)CN)cnc1Cl. The zero-order chi connectivity index (χ0) is 10.7. The molecule has 2 unspecified atom stereocenters. The normalized spacial score (nSPS) is 15.2. The predicted molar refractivity (Wildman–Crippen MR) is 54.0 cm³/mol. The van der Waals surface area contributed by atoms with Crippen molar-refractivity contribution in [1.29, 1.82) is 0 Å². The Kier molecular flexibility index (Phi) is 3.83. The summed E-state index contributed by atoms with van der Waals surface area (Å²) < 4.78 is 0. The molecular weight excluding hydrogens is 204 g/mol. The topological polar surface area (TPSA) is 79.4 Å². The molecule has 1 heterocycles. The van der Waals surface area contributed by atoms with Gasteiger partial charge in [0.2, 0.25) is 0 Å². The average molecular weight is 217 g/mol. The van der Waals surface area contributed by atoms with Crippen molar-refractivity contribution in [2.24, 2.45) is 5.73 Å². The van der Waals surface area contributed by atoms with Crippen LogP contribution in [0.4, 0.5) is 0 Å². The Labute approximate surface area is 87.3 Å². The van der Waals surface area contributed by atoms with Crippen LogP contribution in [0.15, 0.2) is 12.3 Å². The lowest BCUT2D eigenvalue weighted by Gasteiger charge is -2.16. The molecule has 0 amide bonds. The monoisotopic (exact) mass is 216 g/mol. The number of aromatic nitrogens is 1. The number of aryl methyl sites for hydroxylation is 1. The standard InChI is InChI=1S/C9H13ClN2O2/c1-5-2-6(4-12-9(5)10)8(14)7(13)3-11/h2,4,7-8,13-14H,3,11H2,1H3. The number of aliphatic hydroxyl groups excluding tert-OH is 2. The van der Waals surface area contributed by atoms with E-state index in [1.165, 1.54) is 6.20 Å². The zero-order valence-electron chi connectivity index (χ0n) is 7.81. The van der Waals surface area contributed by atoms with E-state index in [0.717, 1.165) is 5.56 Å². The summed E-state index contributed by atoms with van der Waals surface area (Å²) in [5.74, 6) is 0. The first-order valence-corrected chi connectivity index (χ1v) is 4.62. The van der Waals surface area contributed by atoms with Gasteiger partial charge in [-0.25, -0.2) is 4.98 Å². The maximum Gasteiger partial charge on any atom is 0.131 e. The number of hydrogen-bond acceptors (Lipinski definition) is 4. The van der Waals surface area contributed by atoms with Gasteiger partial charge in [0.1, 0.15) is 11.3 Å². The number of aliphatic hydroxyl groups is 2. The molecule has 0 saturated carbocycles. The first kappa shape index (κ1) is 11.4. The Hall–Kier alpha value is -0.680. The van der Waals surface area contributed by atoms with Crippen LogP contribution < -0.4 is 5.73 Å². The molecule has 2 atom stereocenters. The second kappa shape index (κ2) is 4.70. The highest BCUT2D eigenvalue weighted by atomic mass is 35.5. The third-order valence-corrected chi connectivity index (χ3v) is 2.38. The highest BCUT2D eigenvalue weighted by Crippen LogP contribution is 2.20. The Balaban J connectivity index is 2.91. The summed E-state index contributed by atoms with van der Waals surface area (Å²) in [6.45, 7) is 1.78. The third kappa shape index (κ3) is 2.42. The lowest BCUT2D eigenvalue weighted by Crippen LogP contribution is -2.27. The third-order valence-electron chi connectivity index (χ3n) is 1.98. The molecule has 1 aromatic heterocycles. The number of nitrogens with two attached hydrogens (primary N) is 1. The molecule has 0 aliphatic rings. The Bertz CT molecular complexity index is 320. The van der Waals surface area contributed by atoms with Crippen LogP contribution in [0.1, 0.15) is 17.2 Å². The minimum Gasteiger partial charge on any atom is -0.389 e. The van der Waals surface area contributed by atoms with Crippen molar-refractivity contribution in [3.63, 3.8) is 0 Å². The van der Waals surface area contributed by atoms with Gasteiger partial charge in [-0.15, -0.1) is 0 Å². The maximum absolute atomic E-state index is 9.59. The van der Waals surface area contributed by atoms with Crippen molar-refractivity contribution in [3.8, 4) is 0 Å². The van der Waals surface area contributed by atoms with Gasteiger partial charge in [-0.05, 0) is 18.6 Å². The van der Waals surface area contributed by atoms with E-state index in [-0.39, 0.29) is 6.54 Å². The lowest BCUT2D eigenvalue weighted by molar-refractivity contribution is 0.0241. The van der Waals surface area contributed by atoms with Gasteiger partial charge in [0.25, 0.3) is 0 Å². The van der Waals surface area contributed by atoms with Gasteiger partial charge >= 0.3 is 0 Å². The summed E-state index contributed by atoms with van der Waals surface area (Å²) >= 11 is 5.72. The van der Waals surface area contributed by atoms with Crippen LogP contribution in [-0.2, 0) is 0 Å². The molecule has 0 bridgehead atoms. The summed E-state index contributed by atoms with van der Waals surface area (Å²) in [7, 11) is 0. The minimum atomic E-state index is -1.01. The maximum atomic E-state index is 9.59. The van der Waals surface area contributed by atoms with Crippen molar-refractivity contribution in [2.75, 3.05) is 6.54 Å². The second-order valence-electron chi connectivity index (χ2n) is 3.12. The van der Waals surface area contributed by atoms with Gasteiger partial charge in [-0.2, -0.15) is 0 Å². The Morgan fingerprint density at radius 2 is 2.21 bits per heavy atom. The van der Waals surface area contributed by atoms with Crippen LogP contribution >= 0.6 is 11.6 Å². The van der Waals surface area contributed by atoms with Crippen LogP contribution in [0.2, 0.25) is 5.15 Å². The smallest absolute Gasteiger partial charge is 0.131 e. The first-order chi connectivity index (χ1) is 6.56. The highest BCUT2D eigenvalue weighted by molar-refractivity contribution is 6.30. The first-order valence-electron chi connectivity index (χ1n) is 4.24. The summed E-state index contributed by atoms with van der Waals surface area (Å²) in [6, 6.07) is 1.68. The van der Waals surface area contributed by atoms with Crippen molar-refractivity contribution in [3.05, 3.63) is 28.5 Å². The lowest BCUT2D eigenvalue weighted by atomic mass is 10.1. The van der Waals surface area contributed by atoms with Gasteiger partial charge in [0, 0.05) is 18.3 Å². The Morgan fingerprint density at radius 3 is 2.71 bits per heavy atom. The van der Waals surface area contributed by atoms with E-state index in [0.29, 0.717) is 10.7 Å². The van der Waals surface area contributed by atoms with Crippen LogP contribution in [0.25, 0.3) is 0 Å². The van der Waals surface area contributed by atoms with E-state index < -0.39 is 12.2 Å². The fourth-order valence-corrected chi connectivity index (χ4v) is 1.20. The Morgan fingerprint density at radius 1 is 1.57 bits per heavy atom. The molecule has 4 nitrogen and oxygen atoms in total. The van der Waals surface area contributed by atoms with E-state index in [4.69, 9.17) is 17.3 Å². The van der Waals surface area contributed by atoms with Gasteiger partial charge < -0.3 is 15.9 Å². The van der Waals surface area contributed by atoms with Crippen molar-refractivity contribution in [1.82, 2.24) is 4.98 Å². The van der Waals surface area contributed by atoms with E-state index in [1.807, 2.05) is 0 Å². The van der Waals surface area contributed by atoms with Crippen LogP contribution in [0.3, 0.4) is 0 Å². The van der Waals surface area contributed by atoms with Crippen molar-refractivity contribution in [2.45, 2.75) is 19.1 Å². The second-order valence-corrected chi connectivity index (χ2v) is 3.48. The molecule has 0 fully saturated rings. The molecule has 1 aromatic rings. The minimum absolute atomic E-state index is 0.00282. The molecule has 5 heteroatoms. The van der Waals surface area contributed by atoms with E-state index in [2.05, 4.69) is 4.98 Å². The molecule has 78 valence electrons. The number of rotatable bonds is 3. The predicted octanol–water partition coefficient (Wildman–Crippen LogP) is 0.396. The van der Waals surface area contributed by atoms with Crippen LogP contribution in [0.5, 0.6) is 0 Å². The van der Waals surface area contributed by atoms with Gasteiger partial charge in [-0.1, -0.05) is 11.6 Å². The number of pyridine rings is 1. The van der Waals surface area contributed by atoms with E-state index >= 15 is 0 Å². The zero-order valence-corrected chi connectivity index (χ0v) is 8.57. The molecule has 4 N–H and O–H groups in total. The number of halogens is 1. The van der Waals surface area contributed by atoms with Crippen molar-refractivity contribution < 1.29 is 10.2 Å². The van der Waals surface area contributed by atoms with E-state index in [1.54, 1.807) is 13.0 Å². The largest absolute Gasteiger partial charge is 0.389 e. The molecule has 14 heavy (non-hydrogen) atoms. The summed E-state index contributed by atoms with van der Waals surface area (Å²) in [6.07, 6.45) is -0.556. The van der Waals surface area contributed by atoms with Gasteiger partial charge in [-0.3, -0.25) is 0 Å². The number of nitrogens with zero attached hydrogens (tertiary/aromatic N) is 1. The number of hydrogen-bond donors (Lipinski definition) is 3. The molecule has 0 aliphatic carbocycles. The molecule has 0 aliphatic heterocycles. The van der Waals surface area contributed by atoms with Crippen LogP contribution in [0, 0.1) is 6.92 Å². The van der Waals surface area contributed by atoms with Crippen molar-refractivity contribution >= 4 is 11.6 Å². The summed E-state index contributed by atoms with van der Waals surface area (Å²) in [5.41, 5.74) is 6.50. The molecule has 0 spiro atoms. The quantitative estimate of drug-likeness (QED) is 0.639.